The van der Waals surface area contributed by atoms with Crippen LogP contribution in [0.5, 0.6) is 5.75 Å². The van der Waals surface area contributed by atoms with Crippen molar-refractivity contribution in [3.63, 3.8) is 0 Å². The van der Waals surface area contributed by atoms with Gasteiger partial charge in [-0.05, 0) is 30.2 Å². The second-order valence-electron chi connectivity index (χ2n) is 7.74. The number of rotatable bonds is 11. The molecule has 2 N–H and O–H groups in total. The molecule has 0 bridgehead atoms. The average molecular weight is 480 g/mol. The molecular formula is C22H29Cl3O5. The van der Waals surface area contributed by atoms with Crippen LogP contribution in [0.25, 0.3) is 0 Å². The fourth-order valence-corrected chi connectivity index (χ4v) is 3.94. The quantitative estimate of drug-likeness (QED) is 0.462. The summed E-state index contributed by atoms with van der Waals surface area (Å²) in [6.45, 7) is 4.65. The Labute approximate surface area is 193 Å². The van der Waals surface area contributed by atoms with Crippen LogP contribution in [0, 0.1) is 0 Å². The number of halogens is 3. The van der Waals surface area contributed by atoms with Crippen LogP contribution in [0.4, 0.5) is 0 Å². The normalized spacial score (nSPS) is 19.3. The molecule has 0 spiro atoms. The van der Waals surface area contributed by atoms with Crippen LogP contribution in [0.1, 0.15) is 25.8 Å². The van der Waals surface area contributed by atoms with Gasteiger partial charge in [0.15, 0.2) is 0 Å². The van der Waals surface area contributed by atoms with Crippen LogP contribution in [0.2, 0.25) is 0 Å². The Kier molecular flexibility index (Phi) is 9.79. The molecule has 1 unspecified atom stereocenters. The lowest BCUT2D eigenvalue weighted by atomic mass is 9.74. The first-order valence-corrected chi connectivity index (χ1v) is 11.1. The number of benzene rings is 1. The monoisotopic (exact) mass is 478 g/mol. The first-order valence-electron chi connectivity index (χ1n) is 9.71. The van der Waals surface area contributed by atoms with Gasteiger partial charge in [0.2, 0.25) is 0 Å². The van der Waals surface area contributed by atoms with Gasteiger partial charge in [0.1, 0.15) is 36.9 Å². The van der Waals surface area contributed by atoms with Gasteiger partial charge in [0.25, 0.3) is 0 Å². The van der Waals surface area contributed by atoms with Crippen LogP contribution >= 0.6 is 34.8 Å². The van der Waals surface area contributed by atoms with E-state index < -0.39 is 17.6 Å². The summed E-state index contributed by atoms with van der Waals surface area (Å²) in [5, 5.41) is 19.3. The van der Waals surface area contributed by atoms with Gasteiger partial charge in [0.05, 0.1) is 22.9 Å². The summed E-state index contributed by atoms with van der Waals surface area (Å²) in [6, 6.07) is 7.72. The number of hydrogen-bond acceptors (Lipinski definition) is 5. The second kappa shape index (κ2) is 11.6. The summed E-state index contributed by atoms with van der Waals surface area (Å²) >= 11 is 18.6. The van der Waals surface area contributed by atoms with Crippen molar-refractivity contribution in [1.29, 1.82) is 0 Å². The Morgan fingerprint density at radius 1 is 1.07 bits per heavy atom. The number of allylic oxidation sites excluding steroid dienone is 4. The zero-order valence-corrected chi connectivity index (χ0v) is 19.7. The van der Waals surface area contributed by atoms with E-state index in [0.29, 0.717) is 23.0 Å². The van der Waals surface area contributed by atoms with Gasteiger partial charge in [-0.1, -0.05) is 43.2 Å². The maximum absolute atomic E-state index is 9.70. The average Bonchev–Trinajstić information content (AvgIpc) is 2.71. The molecule has 3 atom stereocenters. The van der Waals surface area contributed by atoms with Gasteiger partial charge in [-0.25, -0.2) is 0 Å². The first-order chi connectivity index (χ1) is 14.2. The molecule has 0 aromatic heterocycles. The maximum atomic E-state index is 9.70. The fraction of sp³-hybridized carbons (Fsp3) is 0.545. The Morgan fingerprint density at radius 3 is 2.27 bits per heavy atom. The summed E-state index contributed by atoms with van der Waals surface area (Å²) < 4.78 is 16.1. The highest BCUT2D eigenvalue weighted by molar-refractivity contribution is 6.33. The zero-order chi connectivity index (χ0) is 22.3. The molecule has 0 fully saturated rings. The summed E-state index contributed by atoms with van der Waals surface area (Å²) in [4.78, 5) is 0. The fourth-order valence-electron chi connectivity index (χ4n) is 3.13. The van der Waals surface area contributed by atoms with Crippen molar-refractivity contribution in [3.05, 3.63) is 52.3 Å². The van der Waals surface area contributed by atoms with E-state index >= 15 is 0 Å². The van der Waals surface area contributed by atoms with Crippen LogP contribution in [0.15, 0.2) is 46.7 Å². The third-order valence-corrected chi connectivity index (χ3v) is 6.01. The molecule has 30 heavy (non-hydrogen) atoms. The van der Waals surface area contributed by atoms with Crippen molar-refractivity contribution in [2.45, 2.75) is 43.3 Å². The third kappa shape index (κ3) is 6.78. The lowest BCUT2D eigenvalue weighted by Gasteiger charge is -2.33. The van der Waals surface area contributed by atoms with E-state index in [1.165, 1.54) is 7.11 Å². The number of methoxy groups -OCH3 is 1. The van der Waals surface area contributed by atoms with E-state index in [2.05, 4.69) is 13.8 Å². The lowest BCUT2D eigenvalue weighted by molar-refractivity contribution is 0.0325. The molecule has 8 heteroatoms. The lowest BCUT2D eigenvalue weighted by Crippen LogP contribution is -2.27. The van der Waals surface area contributed by atoms with Gasteiger partial charge < -0.3 is 24.4 Å². The van der Waals surface area contributed by atoms with Gasteiger partial charge in [-0.2, -0.15) is 0 Å². The minimum atomic E-state index is -0.773. The Balaban J connectivity index is 2.11. The van der Waals surface area contributed by atoms with Gasteiger partial charge >= 0.3 is 0 Å². The van der Waals surface area contributed by atoms with Crippen LogP contribution in [0.3, 0.4) is 0 Å². The maximum Gasteiger partial charge on any atom is 0.133 e. The highest BCUT2D eigenvalue weighted by atomic mass is 35.5. The van der Waals surface area contributed by atoms with Crippen LogP contribution in [-0.4, -0.2) is 60.6 Å². The van der Waals surface area contributed by atoms with E-state index in [-0.39, 0.29) is 31.1 Å². The topological polar surface area (TPSA) is 68.2 Å². The Hall–Kier alpha value is -0.950. The summed E-state index contributed by atoms with van der Waals surface area (Å²) in [6.07, 6.45) is 1.01. The van der Waals surface area contributed by atoms with Crippen molar-refractivity contribution >= 4 is 34.8 Å². The minimum Gasteiger partial charge on any atom is -0.492 e. The molecule has 168 valence electrons. The molecule has 1 aliphatic rings. The van der Waals surface area contributed by atoms with E-state index in [1.807, 2.05) is 30.3 Å². The number of aliphatic hydroxyl groups excluding tert-OH is 2. The Morgan fingerprint density at radius 2 is 1.70 bits per heavy atom. The van der Waals surface area contributed by atoms with Crippen molar-refractivity contribution in [2.75, 3.05) is 32.8 Å². The molecule has 1 aromatic rings. The predicted octanol–water partition coefficient (Wildman–Crippen LogP) is 4.35. The van der Waals surface area contributed by atoms with E-state index in [1.54, 1.807) is 0 Å². The summed E-state index contributed by atoms with van der Waals surface area (Å²) in [5.41, 5.74) is 1.83. The molecule has 0 amide bonds. The SMILES string of the molecule is COC[C@@H](O)COc1ccc(C(C)(C)C2=CC(Cl)=C(OC[C@@H](O)CCl)C(Cl)C2)cc1. The highest BCUT2D eigenvalue weighted by Crippen LogP contribution is 2.41. The molecule has 0 radical (unpaired) electrons. The smallest absolute Gasteiger partial charge is 0.133 e. The molecule has 0 aliphatic heterocycles. The van der Waals surface area contributed by atoms with Crippen LogP contribution in [-0.2, 0) is 14.9 Å². The molecule has 0 saturated carbocycles. The zero-order valence-electron chi connectivity index (χ0n) is 17.4. The van der Waals surface area contributed by atoms with Crippen molar-refractivity contribution in [1.82, 2.24) is 0 Å². The van der Waals surface area contributed by atoms with Crippen molar-refractivity contribution in [3.8, 4) is 5.75 Å². The van der Waals surface area contributed by atoms with E-state index in [4.69, 9.17) is 49.0 Å². The molecule has 1 aliphatic carbocycles. The number of alkyl halides is 2. The molecular weight excluding hydrogens is 451 g/mol. The molecule has 1 aromatic carbocycles. The Bertz CT molecular complexity index is 746. The number of ether oxygens (including phenoxy) is 3. The number of aliphatic hydroxyl groups is 2. The predicted molar refractivity (Wildman–Crippen MR) is 121 cm³/mol. The van der Waals surface area contributed by atoms with Crippen molar-refractivity contribution in [2.24, 2.45) is 0 Å². The summed E-state index contributed by atoms with van der Waals surface area (Å²) in [7, 11) is 1.53. The van der Waals surface area contributed by atoms with Gasteiger partial charge in [-0.15, -0.1) is 23.2 Å². The van der Waals surface area contributed by atoms with E-state index in [0.717, 1.165) is 11.1 Å². The van der Waals surface area contributed by atoms with Gasteiger partial charge in [-0.3, -0.25) is 0 Å². The standard InChI is InChI=1S/C22H29Cl3O5/c1-22(2,14-4-6-18(7-5-14)29-13-17(27)11-28-3)15-8-19(24)21(20(25)9-15)30-12-16(26)10-23/h4-8,16-17,20,26-27H,9-13H2,1-3H3/t16-,17+,20?/m0/s1. The van der Waals surface area contributed by atoms with E-state index in [9.17, 15) is 10.2 Å². The van der Waals surface area contributed by atoms with Gasteiger partial charge in [0, 0.05) is 12.5 Å². The van der Waals surface area contributed by atoms with Crippen molar-refractivity contribution < 1.29 is 24.4 Å². The molecule has 0 saturated heterocycles. The molecule has 0 heterocycles. The molecule has 5 nitrogen and oxygen atoms in total. The first kappa shape index (κ1) is 25.3. The van der Waals surface area contributed by atoms with Crippen LogP contribution < -0.4 is 4.74 Å². The summed E-state index contributed by atoms with van der Waals surface area (Å²) in [5.74, 6) is 1.21. The minimum absolute atomic E-state index is 0.0470. The third-order valence-electron chi connectivity index (χ3n) is 5.01. The largest absolute Gasteiger partial charge is 0.492 e. The highest BCUT2D eigenvalue weighted by Gasteiger charge is 2.33. The number of hydrogen-bond donors (Lipinski definition) is 2. The second-order valence-corrected chi connectivity index (χ2v) is 8.98. The molecule has 2 rings (SSSR count).